The molecule has 7 heteroatoms. The van der Waals surface area contributed by atoms with E-state index in [0.29, 0.717) is 16.9 Å². The van der Waals surface area contributed by atoms with Crippen LogP contribution in [-0.4, -0.2) is 36.8 Å². The van der Waals surface area contributed by atoms with Gasteiger partial charge >= 0.3 is 5.97 Å². The summed E-state index contributed by atoms with van der Waals surface area (Å²) in [6.45, 7) is 1.62. The van der Waals surface area contributed by atoms with E-state index in [1.165, 1.54) is 7.11 Å². The number of para-hydroxylation sites is 1. The van der Waals surface area contributed by atoms with Crippen molar-refractivity contribution < 1.29 is 19.1 Å². The van der Waals surface area contributed by atoms with Crippen molar-refractivity contribution in [3.05, 3.63) is 65.4 Å². The molecule has 0 spiro atoms. The Morgan fingerprint density at radius 3 is 2.69 bits per heavy atom. The topological polar surface area (TPSA) is 77.5 Å². The molecule has 0 aliphatic carbocycles. The van der Waals surface area contributed by atoms with Crippen molar-refractivity contribution in [2.24, 2.45) is 0 Å². The molecule has 150 valence electrons. The van der Waals surface area contributed by atoms with Crippen molar-refractivity contribution in [2.75, 3.05) is 25.3 Å². The highest BCUT2D eigenvalue weighted by molar-refractivity contribution is 7.98. The lowest BCUT2D eigenvalue weighted by atomic mass is 10.0. The SMILES string of the molecule is COCc1nc2ccccc2c(C)c1C(=O)OCC(=O)Nc1cccc(SC)c1. The van der Waals surface area contributed by atoms with Crippen LogP contribution in [0.1, 0.15) is 21.6 Å². The van der Waals surface area contributed by atoms with Crippen molar-refractivity contribution in [1.82, 2.24) is 4.98 Å². The fourth-order valence-corrected chi connectivity index (χ4v) is 3.51. The fraction of sp³-hybridized carbons (Fsp3) is 0.227. The predicted octanol–water partition coefficient (Wildman–Crippen LogP) is 4.21. The second-order valence-electron chi connectivity index (χ2n) is 6.36. The molecule has 0 radical (unpaired) electrons. The normalized spacial score (nSPS) is 10.7. The molecule has 1 amide bonds. The molecule has 0 saturated carbocycles. The van der Waals surface area contributed by atoms with Crippen LogP contribution >= 0.6 is 11.8 Å². The van der Waals surface area contributed by atoms with E-state index in [-0.39, 0.29) is 13.2 Å². The summed E-state index contributed by atoms with van der Waals surface area (Å²) in [5.41, 5.74) is 3.01. The number of hydrogen-bond acceptors (Lipinski definition) is 6. The fourth-order valence-electron chi connectivity index (χ4n) is 3.05. The van der Waals surface area contributed by atoms with Gasteiger partial charge in [0.15, 0.2) is 6.61 Å². The Morgan fingerprint density at radius 1 is 1.14 bits per heavy atom. The maximum absolute atomic E-state index is 12.8. The lowest BCUT2D eigenvalue weighted by Crippen LogP contribution is -2.22. The number of ether oxygens (including phenoxy) is 2. The minimum absolute atomic E-state index is 0.170. The monoisotopic (exact) mass is 410 g/mol. The summed E-state index contributed by atoms with van der Waals surface area (Å²) < 4.78 is 10.5. The minimum Gasteiger partial charge on any atom is -0.452 e. The van der Waals surface area contributed by atoms with Gasteiger partial charge in [0.05, 0.1) is 23.4 Å². The van der Waals surface area contributed by atoms with Crippen molar-refractivity contribution in [2.45, 2.75) is 18.4 Å². The highest BCUT2D eigenvalue weighted by Crippen LogP contribution is 2.24. The van der Waals surface area contributed by atoms with Crippen molar-refractivity contribution in [1.29, 1.82) is 0 Å². The molecular weight excluding hydrogens is 388 g/mol. The molecule has 2 aromatic carbocycles. The first-order chi connectivity index (χ1) is 14.0. The molecule has 1 N–H and O–H groups in total. The third-order valence-corrected chi connectivity index (χ3v) is 5.13. The van der Waals surface area contributed by atoms with Gasteiger partial charge in [0.25, 0.3) is 5.91 Å². The lowest BCUT2D eigenvalue weighted by Gasteiger charge is -2.14. The molecule has 0 aliphatic heterocycles. The molecular formula is C22H22N2O4S. The van der Waals surface area contributed by atoms with Gasteiger partial charge in [0, 0.05) is 23.1 Å². The van der Waals surface area contributed by atoms with Crippen molar-refractivity contribution in [3.63, 3.8) is 0 Å². The van der Waals surface area contributed by atoms with Gasteiger partial charge in [-0.05, 0) is 43.0 Å². The maximum Gasteiger partial charge on any atom is 0.340 e. The summed E-state index contributed by atoms with van der Waals surface area (Å²) in [5.74, 6) is -1.00. The first-order valence-electron chi connectivity index (χ1n) is 9.01. The largest absolute Gasteiger partial charge is 0.452 e. The van der Waals surface area contributed by atoms with Gasteiger partial charge in [0.1, 0.15) is 0 Å². The summed E-state index contributed by atoms with van der Waals surface area (Å²) in [4.78, 5) is 30.5. The molecule has 3 aromatic rings. The van der Waals surface area contributed by atoms with Gasteiger partial charge in [-0.25, -0.2) is 9.78 Å². The van der Waals surface area contributed by atoms with E-state index < -0.39 is 11.9 Å². The number of rotatable bonds is 7. The number of thioether (sulfide) groups is 1. The molecule has 0 fully saturated rings. The van der Waals surface area contributed by atoms with Crippen LogP contribution in [-0.2, 0) is 20.9 Å². The van der Waals surface area contributed by atoms with Crippen LogP contribution in [0.3, 0.4) is 0 Å². The molecule has 0 atom stereocenters. The Bertz CT molecular complexity index is 1050. The number of carbonyl (C=O) groups excluding carboxylic acids is 2. The zero-order valence-corrected chi connectivity index (χ0v) is 17.3. The van der Waals surface area contributed by atoms with Crippen LogP contribution < -0.4 is 5.32 Å². The van der Waals surface area contributed by atoms with Crippen molar-refractivity contribution >= 4 is 40.2 Å². The summed E-state index contributed by atoms with van der Waals surface area (Å²) in [7, 11) is 1.54. The number of aromatic nitrogens is 1. The molecule has 1 heterocycles. The lowest BCUT2D eigenvalue weighted by molar-refractivity contribution is -0.119. The molecule has 1 aromatic heterocycles. The molecule has 29 heavy (non-hydrogen) atoms. The number of hydrogen-bond donors (Lipinski definition) is 1. The zero-order valence-electron chi connectivity index (χ0n) is 16.5. The van der Waals surface area contributed by atoms with Crippen LogP contribution in [0.4, 0.5) is 5.69 Å². The smallest absolute Gasteiger partial charge is 0.340 e. The molecule has 0 unspecified atom stereocenters. The quantitative estimate of drug-likeness (QED) is 0.464. The van der Waals surface area contributed by atoms with Gasteiger partial charge < -0.3 is 14.8 Å². The first kappa shape index (κ1) is 20.8. The van der Waals surface area contributed by atoms with Gasteiger partial charge in [-0.1, -0.05) is 24.3 Å². The number of amides is 1. The van der Waals surface area contributed by atoms with E-state index >= 15 is 0 Å². The summed E-state index contributed by atoms with van der Waals surface area (Å²) in [5, 5.41) is 3.60. The van der Waals surface area contributed by atoms with Crippen LogP contribution in [0.15, 0.2) is 53.4 Å². The first-order valence-corrected chi connectivity index (χ1v) is 10.2. The number of methoxy groups -OCH3 is 1. The van der Waals surface area contributed by atoms with E-state index in [1.54, 1.807) is 17.8 Å². The van der Waals surface area contributed by atoms with Crippen LogP contribution in [0, 0.1) is 6.92 Å². The third-order valence-electron chi connectivity index (χ3n) is 4.40. The maximum atomic E-state index is 12.8. The molecule has 0 bridgehead atoms. The Kier molecular flexibility index (Phi) is 6.85. The van der Waals surface area contributed by atoms with Gasteiger partial charge in [0.2, 0.25) is 0 Å². The number of carbonyl (C=O) groups is 2. The standard InChI is InChI=1S/C22H22N2O4S/c1-14-17-9-4-5-10-18(17)24-19(12-27-2)21(14)22(26)28-13-20(25)23-15-7-6-8-16(11-15)29-3/h4-11H,12-13H2,1-3H3,(H,23,25). The molecule has 3 rings (SSSR count). The number of nitrogens with one attached hydrogen (secondary N) is 1. The zero-order chi connectivity index (χ0) is 20.8. The summed E-state index contributed by atoms with van der Waals surface area (Å²) in [6, 6.07) is 15.0. The van der Waals surface area contributed by atoms with E-state index in [0.717, 1.165) is 21.4 Å². The second kappa shape index (κ2) is 9.54. The van der Waals surface area contributed by atoms with E-state index in [2.05, 4.69) is 10.3 Å². The minimum atomic E-state index is -0.596. The number of nitrogens with zero attached hydrogens (tertiary/aromatic N) is 1. The number of fused-ring (bicyclic) bond motifs is 1. The second-order valence-corrected chi connectivity index (χ2v) is 7.24. The average Bonchev–Trinajstić information content (AvgIpc) is 2.72. The Morgan fingerprint density at radius 2 is 1.93 bits per heavy atom. The Labute approximate surface area is 173 Å². The van der Waals surface area contributed by atoms with E-state index in [9.17, 15) is 9.59 Å². The van der Waals surface area contributed by atoms with Crippen LogP contribution in [0.5, 0.6) is 0 Å². The predicted molar refractivity (Wildman–Crippen MR) is 114 cm³/mol. The molecule has 0 saturated heterocycles. The Balaban J connectivity index is 1.76. The number of pyridine rings is 1. The highest BCUT2D eigenvalue weighted by atomic mass is 32.2. The van der Waals surface area contributed by atoms with E-state index in [4.69, 9.17) is 9.47 Å². The van der Waals surface area contributed by atoms with Crippen LogP contribution in [0.25, 0.3) is 10.9 Å². The van der Waals surface area contributed by atoms with Gasteiger partial charge in [-0.15, -0.1) is 11.8 Å². The molecule has 6 nitrogen and oxygen atoms in total. The van der Waals surface area contributed by atoms with Gasteiger partial charge in [-0.3, -0.25) is 4.79 Å². The Hall–Kier alpha value is -2.90. The number of aryl methyl sites for hydroxylation is 1. The van der Waals surface area contributed by atoms with E-state index in [1.807, 2.05) is 55.6 Å². The third kappa shape index (κ3) is 4.93. The highest BCUT2D eigenvalue weighted by Gasteiger charge is 2.21. The summed E-state index contributed by atoms with van der Waals surface area (Å²) >= 11 is 1.58. The van der Waals surface area contributed by atoms with Crippen molar-refractivity contribution in [3.8, 4) is 0 Å². The molecule has 0 aliphatic rings. The summed E-state index contributed by atoms with van der Waals surface area (Å²) in [6.07, 6.45) is 1.96. The number of anilines is 1. The number of esters is 1. The van der Waals surface area contributed by atoms with Crippen LogP contribution in [0.2, 0.25) is 0 Å². The van der Waals surface area contributed by atoms with Gasteiger partial charge in [-0.2, -0.15) is 0 Å². The number of benzene rings is 2. The average molecular weight is 410 g/mol.